The van der Waals surface area contributed by atoms with Crippen LogP contribution in [0.15, 0.2) is 29.6 Å². The SMILES string of the molecule is CNC(Cc1cccc(C(F)(F)F)c1)Cc1csc(C)n1. The Bertz CT molecular complexity index is 593. The number of nitrogens with one attached hydrogen (secondary N) is 1. The Morgan fingerprint density at radius 1 is 1.29 bits per heavy atom. The molecule has 6 heteroatoms. The zero-order valence-electron chi connectivity index (χ0n) is 11.9. The Hall–Kier alpha value is -1.40. The van der Waals surface area contributed by atoms with Crippen molar-refractivity contribution in [3.8, 4) is 0 Å². The largest absolute Gasteiger partial charge is 0.416 e. The van der Waals surface area contributed by atoms with Crippen LogP contribution in [-0.4, -0.2) is 18.1 Å². The van der Waals surface area contributed by atoms with Crippen molar-refractivity contribution in [2.45, 2.75) is 32.0 Å². The molecule has 1 N–H and O–H groups in total. The van der Waals surface area contributed by atoms with E-state index in [1.165, 1.54) is 12.1 Å². The number of hydrogen-bond acceptors (Lipinski definition) is 3. The number of aryl methyl sites for hydroxylation is 1. The number of alkyl halides is 3. The summed E-state index contributed by atoms with van der Waals surface area (Å²) in [5.41, 5.74) is 1.05. The lowest BCUT2D eigenvalue weighted by molar-refractivity contribution is -0.137. The second-order valence-corrected chi connectivity index (χ2v) is 6.01. The van der Waals surface area contributed by atoms with Crippen molar-refractivity contribution in [1.82, 2.24) is 10.3 Å². The molecular weight excluding hydrogens is 297 g/mol. The first-order valence-electron chi connectivity index (χ1n) is 6.63. The maximum Gasteiger partial charge on any atom is 0.416 e. The molecular formula is C15H17F3N2S. The van der Waals surface area contributed by atoms with E-state index in [0.29, 0.717) is 18.4 Å². The first-order chi connectivity index (χ1) is 9.88. The summed E-state index contributed by atoms with van der Waals surface area (Å²) < 4.78 is 38.1. The molecule has 0 saturated heterocycles. The van der Waals surface area contributed by atoms with Gasteiger partial charge in [0.1, 0.15) is 0 Å². The van der Waals surface area contributed by atoms with Crippen LogP contribution < -0.4 is 5.32 Å². The van der Waals surface area contributed by atoms with Crippen molar-refractivity contribution < 1.29 is 13.2 Å². The lowest BCUT2D eigenvalue weighted by atomic mass is 10.0. The minimum Gasteiger partial charge on any atom is -0.316 e. The summed E-state index contributed by atoms with van der Waals surface area (Å²) in [7, 11) is 1.82. The van der Waals surface area contributed by atoms with Gasteiger partial charge in [-0.05, 0) is 32.0 Å². The Balaban J connectivity index is 2.08. The van der Waals surface area contributed by atoms with Crippen molar-refractivity contribution in [2.24, 2.45) is 0 Å². The van der Waals surface area contributed by atoms with Gasteiger partial charge in [-0.2, -0.15) is 13.2 Å². The lowest BCUT2D eigenvalue weighted by Gasteiger charge is -2.16. The number of nitrogens with zero attached hydrogens (tertiary/aromatic N) is 1. The Morgan fingerprint density at radius 3 is 2.62 bits per heavy atom. The Morgan fingerprint density at radius 2 is 2.05 bits per heavy atom. The number of benzene rings is 1. The van der Waals surface area contributed by atoms with Crippen LogP contribution in [0.25, 0.3) is 0 Å². The molecule has 0 spiro atoms. The molecule has 0 aliphatic heterocycles. The highest BCUT2D eigenvalue weighted by atomic mass is 32.1. The van der Waals surface area contributed by atoms with E-state index in [1.54, 1.807) is 17.4 Å². The summed E-state index contributed by atoms with van der Waals surface area (Å²) in [4.78, 5) is 4.40. The van der Waals surface area contributed by atoms with Crippen molar-refractivity contribution in [3.05, 3.63) is 51.5 Å². The van der Waals surface area contributed by atoms with Gasteiger partial charge in [0.2, 0.25) is 0 Å². The van der Waals surface area contributed by atoms with E-state index >= 15 is 0 Å². The smallest absolute Gasteiger partial charge is 0.316 e. The standard InChI is InChI=1S/C15H17F3N2S/c1-10-20-14(9-21-10)8-13(19-2)7-11-4-3-5-12(6-11)15(16,17)18/h3-6,9,13,19H,7-8H2,1-2H3. The molecule has 0 bridgehead atoms. The fraction of sp³-hybridized carbons (Fsp3) is 0.400. The number of rotatable bonds is 5. The van der Waals surface area contributed by atoms with E-state index in [1.807, 2.05) is 19.4 Å². The molecule has 1 heterocycles. The predicted molar refractivity (Wildman–Crippen MR) is 78.6 cm³/mol. The maximum atomic E-state index is 12.7. The molecule has 2 rings (SSSR count). The number of thiazole rings is 1. The second-order valence-electron chi connectivity index (χ2n) is 4.95. The van der Waals surface area contributed by atoms with Crippen LogP contribution in [0.5, 0.6) is 0 Å². The van der Waals surface area contributed by atoms with Gasteiger partial charge in [0.25, 0.3) is 0 Å². The normalized spacial score (nSPS) is 13.4. The highest BCUT2D eigenvalue weighted by molar-refractivity contribution is 7.09. The van der Waals surface area contributed by atoms with Gasteiger partial charge in [0.05, 0.1) is 16.3 Å². The number of hydrogen-bond donors (Lipinski definition) is 1. The number of aromatic nitrogens is 1. The quantitative estimate of drug-likeness (QED) is 0.907. The number of likely N-dealkylation sites (N-methyl/N-ethyl adjacent to an activating group) is 1. The van der Waals surface area contributed by atoms with Crippen LogP contribution in [0.4, 0.5) is 13.2 Å². The Labute approximate surface area is 126 Å². The molecule has 1 unspecified atom stereocenters. The van der Waals surface area contributed by atoms with E-state index in [9.17, 15) is 13.2 Å². The highest BCUT2D eigenvalue weighted by Crippen LogP contribution is 2.29. The fourth-order valence-corrected chi connectivity index (χ4v) is 2.82. The lowest BCUT2D eigenvalue weighted by Crippen LogP contribution is -2.30. The van der Waals surface area contributed by atoms with E-state index in [2.05, 4.69) is 10.3 Å². The van der Waals surface area contributed by atoms with Crippen LogP contribution >= 0.6 is 11.3 Å². The number of halogens is 3. The van der Waals surface area contributed by atoms with Gasteiger partial charge in [0.15, 0.2) is 0 Å². The van der Waals surface area contributed by atoms with Crippen LogP contribution in [0.3, 0.4) is 0 Å². The third-order valence-electron chi connectivity index (χ3n) is 3.27. The van der Waals surface area contributed by atoms with Gasteiger partial charge in [0, 0.05) is 17.8 Å². The molecule has 0 radical (unpaired) electrons. The Kier molecular flexibility index (Phi) is 5.00. The average Bonchev–Trinajstić information content (AvgIpc) is 2.83. The van der Waals surface area contributed by atoms with E-state index in [4.69, 9.17) is 0 Å². The van der Waals surface area contributed by atoms with E-state index in [0.717, 1.165) is 16.8 Å². The van der Waals surface area contributed by atoms with Crippen molar-refractivity contribution >= 4 is 11.3 Å². The minimum absolute atomic E-state index is 0.0648. The van der Waals surface area contributed by atoms with E-state index < -0.39 is 11.7 Å². The summed E-state index contributed by atoms with van der Waals surface area (Å²) in [5, 5.41) is 6.14. The third kappa shape index (κ3) is 4.54. The van der Waals surface area contributed by atoms with Gasteiger partial charge >= 0.3 is 6.18 Å². The molecule has 0 aliphatic rings. The molecule has 0 saturated carbocycles. The molecule has 1 aromatic carbocycles. The van der Waals surface area contributed by atoms with Gasteiger partial charge in [-0.25, -0.2) is 4.98 Å². The van der Waals surface area contributed by atoms with Crippen molar-refractivity contribution in [2.75, 3.05) is 7.05 Å². The first kappa shape index (κ1) is 16.0. The predicted octanol–water partition coefficient (Wildman–Crippen LogP) is 3.84. The minimum atomic E-state index is -4.29. The van der Waals surface area contributed by atoms with Crippen molar-refractivity contribution in [3.63, 3.8) is 0 Å². The molecule has 2 aromatic rings. The van der Waals surface area contributed by atoms with Gasteiger partial charge in [-0.15, -0.1) is 11.3 Å². The highest BCUT2D eigenvalue weighted by Gasteiger charge is 2.30. The molecule has 0 amide bonds. The summed E-state index contributed by atoms with van der Waals surface area (Å²) in [5.74, 6) is 0. The fourth-order valence-electron chi connectivity index (χ4n) is 2.19. The zero-order chi connectivity index (χ0) is 15.5. The molecule has 0 aliphatic carbocycles. The zero-order valence-corrected chi connectivity index (χ0v) is 12.7. The summed E-state index contributed by atoms with van der Waals surface area (Å²) >= 11 is 1.58. The van der Waals surface area contributed by atoms with Gasteiger partial charge in [-0.1, -0.05) is 18.2 Å². The van der Waals surface area contributed by atoms with Gasteiger partial charge in [-0.3, -0.25) is 0 Å². The molecule has 0 fully saturated rings. The van der Waals surface area contributed by atoms with E-state index in [-0.39, 0.29) is 6.04 Å². The second kappa shape index (κ2) is 6.58. The molecule has 21 heavy (non-hydrogen) atoms. The summed E-state index contributed by atoms with van der Waals surface area (Å²) in [6, 6.07) is 5.57. The average molecular weight is 314 g/mol. The molecule has 114 valence electrons. The first-order valence-corrected chi connectivity index (χ1v) is 7.51. The topological polar surface area (TPSA) is 24.9 Å². The van der Waals surface area contributed by atoms with Crippen LogP contribution in [0, 0.1) is 6.92 Å². The van der Waals surface area contributed by atoms with Crippen molar-refractivity contribution in [1.29, 1.82) is 0 Å². The molecule has 2 nitrogen and oxygen atoms in total. The summed E-state index contributed by atoms with van der Waals surface area (Å²) in [6.45, 7) is 1.94. The summed E-state index contributed by atoms with van der Waals surface area (Å²) in [6.07, 6.45) is -3.05. The van der Waals surface area contributed by atoms with Crippen LogP contribution in [-0.2, 0) is 19.0 Å². The third-order valence-corrected chi connectivity index (χ3v) is 4.09. The molecule has 1 aromatic heterocycles. The maximum absolute atomic E-state index is 12.7. The monoisotopic (exact) mass is 314 g/mol. The van der Waals surface area contributed by atoms with Gasteiger partial charge < -0.3 is 5.32 Å². The molecule has 1 atom stereocenters. The van der Waals surface area contributed by atoms with Crippen LogP contribution in [0.1, 0.15) is 21.8 Å². The van der Waals surface area contributed by atoms with Crippen LogP contribution in [0.2, 0.25) is 0 Å².